The largest absolute Gasteiger partial charge is 0.353 e. The number of thiophene rings is 1. The Labute approximate surface area is 141 Å². The molecular weight excluding hydrogens is 308 g/mol. The van der Waals surface area contributed by atoms with Crippen molar-refractivity contribution < 1.29 is 4.79 Å². The van der Waals surface area contributed by atoms with Crippen LogP contribution in [0.1, 0.15) is 28.8 Å². The van der Waals surface area contributed by atoms with E-state index in [0.29, 0.717) is 19.1 Å². The Bertz CT molecular complexity index is 691. The lowest BCUT2D eigenvalue weighted by molar-refractivity contribution is -0.122. The zero-order valence-corrected chi connectivity index (χ0v) is 14.8. The van der Waals surface area contributed by atoms with Gasteiger partial charge in [-0.3, -0.25) is 14.4 Å². The second kappa shape index (κ2) is 6.84. The fraction of sp³-hybridized carbons (Fsp3) is 0.529. The summed E-state index contributed by atoms with van der Waals surface area (Å²) < 4.78 is 1.76. The summed E-state index contributed by atoms with van der Waals surface area (Å²) in [7, 11) is 0. The lowest BCUT2D eigenvalue weighted by Crippen LogP contribution is -2.44. The number of aryl methyl sites for hydroxylation is 2. The number of hydrogen-bond acceptors (Lipinski definition) is 4. The SMILES string of the molecule is Cc1cc(C)n(CC(=O)NC[C@H](C)N2CCc3sccc3C2)n1. The molecule has 1 amide bonds. The van der Waals surface area contributed by atoms with Crippen molar-refractivity contribution in [1.82, 2.24) is 20.0 Å². The highest BCUT2D eigenvalue weighted by molar-refractivity contribution is 7.10. The first-order chi connectivity index (χ1) is 11.0. The summed E-state index contributed by atoms with van der Waals surface area (Å²) in [5.74, 6) is 0.0243. The third-order valence-electron chi connectivity index (χ3n) is 4.45. The van der Waals surface area contributed by atoms with E-state index in [4.69, 9.17) is 0 Å². The lowest BCUT2D eigenvalue weighted by atomic mass is 10.1. The van der Waals surface area contributed by atoms with Crippen LogP contribution >= 0.6 is 11.3 Å². The first-order valence-corrected chi connectivity index (χ1v) is 8.98. The van der Waals surface area contributed by atoms with Crippen LogP contribution in [0.4, 0.5) is 0 Å². The molecule has 0 saturated carbocycles. The van der Waals surface area contributed by atoms with Gasteiger partial charge in [0.05, 0.1) is 5.69 Å². The van der Waals surface area contributed by atoms with Gasteiger partial charge in [0.15, 0.2) is 0 Å². The molecule has 5 nitrogen and oxygen atoms in total. The van der Waals surface area contributed by atoms with Gasteiger partial charge in [-0.15, -0.1) is 11.3 Å². The zero-order valence-electron chi connectivity index (χ0n) is 14.0. The molecule has 3 heterocycles. The summed E-state index contributed by atoms with van der Waals surface area (Å²) in [6.45, 7) is 9.13. The van der Waals surface area contributed by atoms with Gasteiger partial charge in [-0.2, -0.15) is 5.10 Å². The van der Waals surface area contributed by atoms with E-state index < -0.39 is 0 Å². The van der Waals surface area contributed by atoms with Crippen LogP contribution in [0.3, 0.4) is 0 Å². The Morgan fingerprint density at radius 2 is 2.30 bits per heavy atom. The van der Waals surface area contributed by atoms with Crippen molar-refractivity contribution >= 4 is 17.2 Å². The van der Waals surface area contributed by atoms with Crippen molar-refractivity contribution in [2.24, 2.45) is 0 Å². The number of carbonyl (C=O) groups excluding carboxylic acids is 1. The average molecular weight is 332 g/mol. The Balaban J connectivity index is 1.48. The number of amides is 1. The van der Waals surface area contributed by atoms with Gasteiger partial charge < -0.3 is 5.32 Å². The van der Waals surface area contributed by atoms with Gasteiger partial charge in [-0.25, -0.2) is 0 Å². The summed E-state index contributed by atoms with van der Waals surface area (Å²) >= 11 is 1.86. The normalized spacial score (nSPS) is 16.1. The van der Waals surface area contributed by atoms with Gasteiger partial charge in [0.2, 0.25) is 5.91 Å². The topological polar surface area (TPSA) is 50.2 Å². The molecule has 1 atom stereocenters. The number of carbonyl (C=O) groups is 1. The van der Waals surface area contributed by atoms with Crippen molar-refractivity contribution in [3.05, 3.63) is 39.3 Å². The summed E-state index contributed by atoms with van der Waals surface area (Å²) in [4.78, 5) is 16.1. The molecule has 1 N–H and O–H groups in total. The van der Waals surface area contributed by atoms with E-state index in [1.807, 2.05) is 31.3 Å². The fourth-order valence-corrected chi connectivity index (χ4v) is 3.95. The highest BCUT2D eigenvalue weighted by Crippen LogP contribution is 2.24. The van der Waals surface area contributed by atoms with Crippen molar-refractivity contribution in [3.8, 4) is 0 Å². The van der Waals surface area contributed by atoms with Crippen LogP contribution in [0.15, 0.2) is 17.5 Å². The third kappa shape index (κ3) is 3.82. The van der Waals surface area contributed by atoms with Crippen molar-refractivity contribution in [2.75, 3.05) is 13.1 Å². The molecule has 124 valence electrons. The Kier molecular flexibility index (Phi) is 4.82. The van der Waals surface area contributed by atoms with Crippen LogP contribution in [0.5, 0.6) is 0 Å². The van der Waals surface area contributed by atoms with Crippen LogP contribution in [0, 0.1) is 13.8 Å². The number of aromatic nitrogens is 2. The quantitative estimate of drug-likeness (QED) is 0.912. The molecule has 2 aromatic rings. The van der Waals surface area contributed by atoms with E-state index in [0.717, 1.165) is 30.9 Å². The van der Waals surface area contributed by atoms with Crippen LogP contribution in [0.2, 0.25) is 0 Å². The van der Waals surface area contributed by atoms with E-state index in [2.05, 4.69) is 33.7 Å². The highest BCUT2D eigenvalue weighted by atomic mass is 32.1. The van der Waals surface area contributed by atoms with Crippen molar-refractivity contribution in [2.45, 2.75) is 46.3 Å². The second-order valence-electron chi connectivity index (χ2n) is 6.33. The molecule has 1 aliphatic rings. The molecule has 0 unspecified atom stereocenters. The van der Waals surface area contributed by atoms with Crippen LogP contribution in [-0.2, 0) is 24.3 Å². The maximum absolute atomic E-state index is 12.1. The summed E-state index contributed by atoms with van der Waals surface area (Å²) in [6.07, 6.45) is 1.12. The predicted octanol–water partition coefficient (Wildman–Crippen LogP) is 2.12. The number of nitrogens with zero attached hydrogens (tertiary/aromatic N) is 3. The molecule has 0 radical (unpaired) electrons. The minimum atomic E-state index is 0.0243. The van der Waals surface area contributed by atoms with Crippen LogP contribution in [0.25, 0.3) is 0 Å². The molecule has 2 aromatic heterocycles. The minimum absolute atomic E-state index is 0.0243. The first-order valence-electron chi connectivity index (χ1n) is 8.10. The number of hydrogen-bond donors (Lipinski definition) is 1. The summed E-state index contributed by atoms with van der Waals surface area (Å²) in [5, 5.41) is 9.55. The average Bonchev–Trinajstić information content (AvgIpc) is 3.10. The molecule has 0 fully saturated rings. The van der Waals surface area contributed by atoms with E-state index in [1.165, 1.54) is 10.4 Å². The Hall–Kier alpha value is -1.66. The fourth-order valence-electron chi connectivity index (χ4n) is 3.06. The Morgan fingerprint density at radius 1 is 1.48 bits per heavy atom. The van der Waals surface area contributed by atoms with Gasteiger partial charge in [-0.1, -0.05) is 0 Å². The molecule has 0 aromatic carbocycles. The molecule has 3 rings (SSSR count). The predicted molar refractivity (Wildman–Crippen MR) is 92.6 cm³/mol. The van der Waals surface area contributed by atoms with Gasteiger partial charge >= 0.3 is 0 Å². The zero-order chi connectivity index (χ0) is 16.4. The molecule has 0 spiro atoms. The molecule has 6 heteroatoms. The van der Waals surface area contributed by atoms with Gasteiger partial charge in [0.1, 0.15) is 6.54 Å². The van der Waals surface area contributed by atoms with E-state index >= 15 is 0 Å². The van der Waals surface area contributed by atoms with Gasteiger partial charge in [0, 0.05) is 36.2 Å². The highest BCUT2D eigenvalue weighted by Gasteiger charge is 2.21. The molecule has 1 aliphatic heterocycles. The van der Waals surface area contributed by atoms with Crippen molar-refractivity contribution in [3.63, 3.8) is 0 Å². The lowest BCUT2D eigenvalue weighted by Gasteiger charge is -2.32. The Morgan fingerprint density at radius 3 is 3.04 bits per heavy atom. The standard InChI is InChI=1S/C17H24N4OS/c1-12-8-13(2)21(19-12)11-17(22)18-9-14(3)20-6-4-16-15(10-20)5-7-23-16/h5,7-8,14H,4,6,9-11H2,1-3H3,(H,18,22)/t14-/m0/s1. The molecule has 0 saturated heterocycles. The smallest absolute Gasteiger partial charge is 0.241 e. The molecule has 0 bridgehead atoms. The summed E-state index contributed by atoms with van der Waals surface area (Å²) in [6, 6.07) is 4.55. The molecule has 23 heavy (non-hydrogen) atoms. The molecular formula is C17H24N4OS. The maximum atomic E-state index is 12.1. The maximum Gasteiger partial charge on any atom is 0.241 e. The monoisotopic (exact) mass is 332 g/mol. The number of nitrogens with one attached hydrogen (secondary N) is 1. The van der Waals surface area contributed by atoms with E-state index in [-0.39, 0.29) is 5.91 Å². The number of fused-ring (bicyclic) bond motifs is 1. The van der Waals surface area contributed by atoms with Crippen LogP contribution < -0.4 is 5.32 Å². The summed E-state index contributed by atoms with van der Waals surface area (Å²) in [5.41, 5.74) is 3.41. The van der Waals surface area contributed by atoms with E-state index in [9.17, 15) is 4.79 Å². The second-order valence-corrected chi connectivity index (χ2v) is 7.33. The van der Waals surface area contributed by atoms with Gasteiger partial charge in [-0.05, 0) is 50.3 Å². The van der Waals surface area contributed by atoms with E-state index in [1.54, 1.807) is 4.68 Å². The van der Waals surface area contributed by atoms with Crippen molar-refractivity contribution in [1.29, 1.82) is 0 Å². The number of rotatable bonds is 5. The van der Waals surface area contributed by atoms with Crippen LogP contribution in [-0.4, -0.2) is 39.7 Å². The molecule has 0 aliphatic carbocycles. The third-order valence-corrected chi connectivity index (χ3v) is 5.47. The first kappa shape index (κ1) is 16.2. The minimum Gasteiger partial charge on any atom is -0.353 e. The van der Waals surface area contributed by atoms with Gasteiger partial charge in [0.25, 0.3) is 0 Å².